The van der Waals surface area contributed by atoms with Gasteiger partial charge in [0.1, 0.15) is 5.75 Å². The first-order valence-electron chi connectivity index (χ1n) is 10.9. The number of carbonyl (C=O) groups excluding carboxylic acids is 1. The van der Waals surface area contributed by atoms with Crippen LogP contribution in [0.1, 0.15) is 81.5 Å². The maximum Gasteiger partial charge on any atom is 0.338 e. The molecule has 0 spiro atoms. The monoisotopic (exact) mass is 394 g/mol. The summed E-state index contributed by atoms with van der Waals surface area (Å²) in [6.45, 7) is 5.78. The summed E-state index contributed by atoms with van der Waals surface area (Å²) in [7, 11) is 0. The fourth-order valence-corrected chi connectivity index (χ4v) is 2.75. The molecule has 0 saturated heterocycles. The van der Waals surface area contributed by atoms with E-state index >= 15 is 0 Å². The second-order valence-corrected chi connectivity index (χ2v) is 7.09. The van der Waals surface area contributed by atoms with Crippen molar-refractivity contribution >= 4 is 5.97 Å². The molecule has 160 valence electrons. The lowest BCUT2D eigenvalue weighted by atomic mass is 10.1. The van der Waals surface area contributed by atoms with Gasteiger partial charge in [-0.25, -0.2) is 4.79 Å². The van der Waals surface area contributed by atoms with Crippen LogP contribution in [0.4, 0.5) is 0 Å². The summed E-state index contributed by atoms with van der Waals surface area (Å²) in [4.78, 5) is 11.8. The van der Waals surface area contributed by atoms with Crippen molar-refractivity contribution in [2.75, 3.05) is 33.0 Å². The van der Waals surface area contributed by atoms with Gasteiger partial charge in [-0.05, 0) is 56.4 Å². The smallest absolute Gasteiger partial charge is 0.338 e. The molecule has 0 radical (unpaired) electrons. The van der Waals surface area contributed by atoms with Gasteiger partial charge in [0.2, 0.25) is 0 Å². The lowest BCUT2D eigenvalue weighted by Crippen LogP contribution is -2.07. The molecule has 1 aromatic carbocycles. The highest BCUT2D eigenvalue weighted by Gasteiger charge is 2.06. The number of hydrogen-bond acceptors (Lipinski definition) is 5. The minimum absolute atomic E-state index is 0.137. The predicted molar refractivity (Wildman–Crippen MR) is 112 cm³/mol. The third kappa shape index (κ3) is 13.6. The van der Waals surface area contributed by atoms with Crippen LogP contribution < -0.4 is 0 Å². The van der Waals surface area contributed by atoms with Crippen molar-refractivity contribution in [2.45, 2.75) is 71.1 Å². The zero-order chi connectivity index (χ0) is 20.3. The fourth-order valence-electron chi connectivity index (χ4n) is 2.75. The Labute approximate surface area is 170 Å². The summed E-state index contributed by atoms with van der Waals surface area (Å²) < 4.78 is 16.4. The molecule has 0 aliphatic carbocycles. The Hall–Kier alpha value is -1.59. The maximum atomic E-state index is 11.8. The minimum Gasteiger partial charge on any atom is -0.508 e. The highest BCUT2D eigenvalue weighted by molar-refractivity contribution is 5.89. The van der Waals surface area contributed by atoms with Crippen LogP contribution in [0.25, 0.3) is 0 Å². The Balaban J connectivity index is 1.78. The van der Waals surface area contributed by atoms with Crippen molar-refractivity contribution in [1.29, 1.82) is 0 Å². The van der Waals surface area contributed by atoms with E-state index in [1.54, 1.807) is 12.1 Å². The van der Waals surface area contributed by atoms with Gasteiger partial charge in [0.25, 0.3) is 0 Å². The molecule has 0 aliphatic heterocycles. The highest BCUT2D eigenvalue weighted by Crippen LogP contribution is 2.10. The summed E-state index contributed by atoms with van der Waals surface area (Å²) in [6.07, 6.45) is 11.5. The van der Waals surface area contributed by atoms with E-state index in [0.29, 0.717) is 18.8 Å². The van der Waals surface area contributed by atoms with Crippen molar-refractivity contribution < 1.29 is 24.1 Å². The third-order valence-corrected chi connectivity index (χ3v) is 4.49. The molecule has 0 aliphatic rings. The Morgan fingerprint density at radius 2 is 1.18 bits per heavy atom. The van der Waals surface area contributed by atoms with Gasteiger partial charge in [-0.1, -0.05) is 39.0 Å². The second kappa shape index (κ2) is 17.5. The van der Waals surface area contributed by atoms with E-state index in [4.69, 9.17) is 14.2 Å². The van der Waals surface area contributed by atoms with E-state index in [2.05, 4.69) is 6.92 Å². The van der Waals surface area contributed by atoms with Gasteiger partial charge in [0, 0.05) is 26.4 Å². The van der Waals surface area contributed by atoms with E-state index in [1.807, 2.05) is 0 Å². The Morgan fingerprint density at radius 1 is 0.714 bits per heavy atom. The molecule has 0 bridgehead atoms. The van der Waals surface area contributed by atoms with Gasteiger partial charge in [-0.3, -0.25) is 0 Å². The van der Waals surface area contributed by atoms with Crippen molar-refractivity contribution in [2.24, 2.45) is 0 Å². The number of phenols is 1. The summed E-state index contributed by atoms with van der Waals surface area (Å²) in [5, 5.41) is 9.20. The van der Waals surface area contributed by atoms with E-state index in [-0.39, 0.29) is 11.7 Å². The van der Waals surface area contributed by atoms with Crippen LogP contribution in [-0.4, -0.2) is 44.1 Å². The first-order chi connectivity index (χ1) is 13.7. The second-order valence-electron chi connectivity index (χ2n) is 7.09. The number of unbranched alkanes of at least 4 members (excludes halogenated alkanes) is 7. The first-order valence-corrected chi connectivity index (χ1v) is 10.9. The van der Waals surface area contributed by atoms with Gasteiger partial charge in [-0.2, -0.15) is 0 Å². The molecule has 0 amide bonds. The molecule has 0 atom stereocenters. The number of esters is 1. The molecule has 0 fully saturated rings. The van der Waals surface area contributed by atoms with Crippen LogP contribution in [0, 0.1) is 0 Å². The summed E-state index contributed by atoms with van der Waals surface area (Å²) in [5.74, 6) is -0.222. The average molecular weight is 395 g/mol. The van der Waals surface area contributed by atoms with E-state index < -0.39 is 0 Å². The zero-order valence-electron chi connectivity index (χ0n) is 17.5. The number of phenolic OH excluding ortho intramolecular Hbond substituents is 1. The molecule has 0 heterocycles. The van der Waals surface area contributed by atoms with E-state index in [0.717, 1.165) is 45.5 Å². The predicted octanol–water partition coefficient (Wildman–Crippen LogP) is 5.50. The number of hydrogen-bond donors (Lipinski definition) is 1. The quantitative estimate of drug-likeness (QED) is 0.263. The number of ether oxygens (including phenoxy) is 3. The molecule has 0 unspecified atom stereocenters. The van der Waals surface area contributed by atoms with E-state index in [9.17, 15) is 9.90 Å². The molecular weight excluding hydrogens is 356 g/mol. The van der Waals surface area contributed by atoms with Crippen molar-refractivity contribution in [3.63, 3.8) is 0 Å². The standard InChI is InChI=1S/C23H38O5/c1-2-3-4-5-6-7-16-26-17-8-9-18-27-19-10-11-20-28-23(25)21-12-14-22(24)15-13-21/h12-15,24H,2-11,16-20H2,1H3. The van der Waals surface area contributed by atoms with Crippen molar-refractivity contribution in [3.05, 3.63) is 29.8 Å². The zero-order valence-corrected chi connectivity index (χ0v) is 17.5. The Morgan fingerprint density at radius 3 is 1.75 bits per heavy atom. The fraction of sp³-hybridized carbons (Fsp3) is 0.696. The summed E-state index contributed by atoms with van der Waals surface area (Å²) in [5.41, 5.74) is 0.452. The summed E-state index contributed by atoms with van der Waals surface area (Å²) >= 11 is 0. The molecule has 0 saturated carbocycles. The van der Waals surface area contributed by atoms with Gasteiger partial charge in [0.05, 0.1) is 12.2 Å². The Kier molecular flexibility index (Phi) is 15.3. The topological polar surface area (TPSA) is 65.0 Å². The normalized spacial score (nSPS) is 10.9. The number of benzene rings is 1. The van der Waals surface area contributed by atoms with Crippen molar-refractivity contribution in [1.82, 2.24) is 0 Å². The number of rotatable bonds is 18. The van der Waals surface area contributed by atoms with Gasteiger partial charge >= 0.3 is 5.97 Å². The molecule has 0 aromatic heterocycles. The van der Waals surface area contributed by atoms with Crippen LogP contribution in [0.2, 0.25) is 0 Å². The van der Waals surface area contributed by atoms with Crippen LogP contribution in [-0.2, 0) is 14.2 Å². The third-order valence-electron chi connectivity index (χ3n) is 4.49. The molecule has 5 heteroatoms. The molecule has 1 aromatic rings. The van der Waals surface area contributed by atoms with Gasteiger partial charge < -0.3 is 19.3 Å². The van der Waals surface area contributed by atoms with Crippen LogP contribution in [0.5, 0.6) is 5.75 Å². The van der Waals surface area contributed by atoms with Gasteiger partial charge in [0.15, 0.2) is 0 Å². The lowest BCUT2D eigenvalue weighted by Gasteiger charge is -2.07. The van der Waals surface area contributed by atoms with Crippen LogP contribution in [0.3, 0.4) is 0 Å². The molecular formula is C23H38O5. The molecule has 5 nitrogen and oxygen atoms in total. The maximum absolute atomic E-state index is 11.8. The molecule has 28 heavy (non-hydrogen) atoms. The summed E-state index contributed by atoms with van der Waals surface area (Å²) in [6, 6.07) is 6.06. The number of aromatic hydroxyl groups is 1. The molecule has 1 N–H and O–H groups in total. The average Bonchev–Trinajstić information content (AvgIpc) is 2.70. The number of carbonyl (C=O) groups is 1. The SMILES string of the molecule is CCCCCCCCOCCCCOCCCCOC(=O)c1ccc(O)cc1. The highest BCUT2D eigenvalue weighted by atomic mass is 16.5. The Bertz CT molecular complexity index is 486. The van der Waals surface area contributed by atoms with Gasteiger partial charge in [-0.15, -0.1) is 0 Å². The van der Waals surface area contributed by atoms with Crippen molar-refractivity contribution in [3.8, 4) is 5.75 Å². The first kappa shape index (κ1) is 24.4. The van der Waals surface area contributed by atoms with E-state index in [1.165, 1.54) is 50.7 Å². The largest absolute Gasteiger partial charge is 0.508 e. The molecule has 1 rings (SSSR count). The van der Waals surface area contributed by atoms with Crippen LogP contribution in [0.15, 0.2) is 24.3 Å². The lowest BCUT2D eigenvalue weighted by molar-refractivity contribution is 0.0479. The minimum atomic E-state index is -0.359. The van der Waals surface area contributed by atoms with Crippen LogP contribution >= 0.6 is 0 Å².